The number of hydrogen-bond acceptors (Lipinski definition) is 10. The molecule has 4 heterocycles. The van der Waals surface area contributed by atoms with Crippen LogP contribution in [0.25, 0.3) is 22.0 Å². The molecule has 3 N–H and O–H groups in total. The number of piperidine rings is 2. The van der Waals surface area contributed by atoms with E-state index in [1.807, 2.05) is 71.0 Å². The topological polar surface area (TPSA) is 148 Å². The van der Waals surface area contributed by atoms with Gasteiger partial charge in [-0.2, -0.15) is 0 Å². The Morgan fingerprint density at radius 3 is 2.61 bits per heavy atom. The average Bonchev–Trinajstić information content (AvgIpc) is 3.06. The predicted molar refractivity (Wildman–Crippen MR) is 191 cm³/mol. The van der Waals surface area contributed by atoms with Crippen molar-refractivity contribution in [1.29, 1.82) is 0 Å². The van der Waals surface area contributed by atoms with Crippen LogP contribution in [0.3, 0.4) is 0 Å². The molecule has 13 heteroatoms. The molecule has 2 saturated heterocycles. The van der Waals surface area contributed by atoms with Crippen molar-refractivity contribution in [3.05, 3.63) is 66.5 Å². The summed E-state index contributed by atoms with van der Waals surface area (Å²) in [5, 5.41) is 7.43. The van der Waals surface area contributed by atoms with Crippen LogP contribution in [0.5, 0.6) is 11.6 Å². The molecule has 2 aliphatic rings. The van der Waals surface area contributed by atoms with Gasteiger partial charge in [-0.1, -0.05) is 24.3 Å². The van der Waals surface area contributed by atoms with Crippen LogP contribution in [0, 0.1) is 6.92 Å². The van der Waals surface area contributed by atoms with Crippen LogP contribution in [-0.4, -0.2) is 70.5 Å². The fraction of sp³-hybridized carbons (Fsp3) is 0.444. The van der Waals surface area contributed by atoms with Gasteiger partial charge in [0.05, 0.1) is 16.9 Å². The number of carbonyl (C=O) groups is 1. The largest absolute Gasteiger partial charge is 0.444 e. The SMILES string of the molecule is Cc1ccc2c(NS(=O)(=O)C3CCCC(C)N3)cccc2c1Oc1ncccc1-c1ccnc(N[C@H]2CCCN(C(=O)OC(C)(C)C)C2)n1. The van der Waals surface area contributed by atoms with E-state index in [2.05, 4.69) is 25.3 Å². The second kappa shape index (κ2) is 14.2. The zero-order valence-electron chi connectivity index (χ0n) is 28.7. The van der Waals surface area contributed by atoms with Gasteiger partial charge in [-0.15, -0.1) is 0 Å². The average molecular weight is 688 g/mol. The van der Waals surface area contributed by atoms with E-state index in [1.54, 1.807) is 29.4 Å². The number of ether oxygens (including phenoxy) is 2. The van der Waals surface area contributed by atoms with E-state index >= 15 is 0 Å². The van der Waals surface area contributed by atoms with E-state index in [0.29, 0.717) is 54.0 Å². The van der Waals surface area contributed by atoms with Crippen LogP contribution >= 0.6 is 0 Å². The van der Waals surface area contributed by atoms with Crippen molar-refractivity contribution in [2.24, 2.45) is 0 Å². The molecule has 12 nitrogen and oxygen atoms in total. The zero-order chi connectivity index (χ0) is 34.8. The smallest absolute Gasteiger partial charge is 0.410 e. The minimum Gasteiger partial charge on any atom is -0.444 e. The maximum atomic E-state index is 13.4. The van der Waals surface area contributed by atoms with Gasteiger partial charge in [0.25, 0.3) is 0 Å². The number of sulfonamides is 1. The lowest BCUT2D eigenvalue weighted by atomic mass is 10.0. The first-order valence-corrected chi connectivity index (χ1v) is 18.4. The second-order valence-corrected chi connectivity index (χ2v) is 15.7. The van der Waals surface area contributed by atoms with E-state index in [-0.39, 0.29) is 18.2 Å². The third-order valence-corrected chi connectivity index (χ3v) is 10.3. The number of rotatable bonds is 8. The van der Waals surface area contributed by atoms with Gasteiger partial charge in [0.1, 0.15) is 16.7 Å². The number of aromatic nitrogens is 3. The predicted octanol–water partition coefficient (Wildman–Crippen LogP) is 6.83. The summed E-state index contributed by atoms with van der Waals surface area (Å²) in [6.45, 7) is 10.7. The Labute approximate surface area is 288 Å². The number of pyridine rings is 1. The van der Waals surface area contributed by atoms with E-state index in [1.165, 1.54) is 0 Å². The summed E-state index contributed by atoms with van der Waals surface area (Å²) in [6, 6.07) is 14.9. The molecule has 6 rings (SSSR count). The van der Waals surface area contributed by atoms with Gasteiger partial charge >= 0.3 is 6.09 Å². The van der Waals surface area contributed by atoms with Crippen molar-refractivity contribution in [2.75, 3.05) is 23.1 Å². The Kier molecular flexibility index (Phi) is 9.94. The monoisotopic (exact) mass is 687 g/mol. The van der Waals surface area contributed by atoms with Gasteiger partial charge < -0.3 is 19.7 Å². The summed E-state index contributed by atoms with van der Waals surface area (Å²) < 4.78 is 41.7. The van der Waals surface area contributed by atoms with Crippen LogP contribution in [0.2, 0.25) is 0 Å². The highest BCUT2D eigenvalue weighted by Crippen LogP contribution is 2.39. The highest BCUT2D eigenvalue weighted by molar-refractivity contribution is 7.93. The number of benzene rings is 2. The van der Waals surface area contributed by atoms with Crippen LogP contribution in [0.4, 0.5) is 16.4 Å². The number of fused-ring (bicyclic) bond motifs is 1. The number of nitrogens with one attached hydrogen (secondary N) is 3. The highest BCUT2D eigenvalue weighted by atomic mass is 32.2. The first-order valence-electron chi connectivity index (χ1n) is 16.9. The van der Waals surface area contributed by atoms with Crippen LogP contribution < -0.4 is 20.1 Å². The van der Waals surface area contributed by atoms with E-state index in [9.17, 15) is 13.2 Å². The molecule has 0 spiro atoms. The summed E-state index contributed by atoms with van der Waals surface area (Å²) in [4.78, 5) is 28.2. The summed E-state index contributed by atoms with van der Waals surface area (Å²) in [7, 11) is -3.68. The van der Waals surface area contributed by atoms with Gasteiger partial charge in [-0.3, -0.25) is 10.0 Å². The fourth-order valence-electron chi connectivity index (χ4n) is 6.34. The Hall–Kier alpha value is -4.49. The third-order valence-electron chi connectivity index (χ3n) is 8.72. The number of hydrogen-bond donors (Lipinski definition) is 3. The molecular weight excluding hydrogens is 643 g/mol. The van der Waals surface area contributed by atoms with Crippen molar-refractivity contribution in [3.63, 3.8) is 0 Å². The van der Waals surface area contributed by atoms with E-state index in [4.69, 9.17) is 14.5 Å². The summed E-state index contributed by atoms with van der Waals surface area (Å²) in [5.41, 5.74) is 2.07. The third kappa shape index (κ3) is 8.22. The molecule has 0 bridgehead atoms. The van der Waals surface area contributed by atoms with Crippen LogP contribution in [0.15, 0.2) is 60.9 Å². The summed E-state index contributed by atoms with van der Waals surface area (Å²) >= 11 is 0. The molecule has 260 valence electrons. The Balaban J connectivity index is 1.24. The summed E-state index contributed by atoms with van der Waals surface area (Å²) in [6.07, 6.45) is 7.09. The lowest BCUT2D eigenvalue weighted by Crippen LogP contribution is -2.47. The Bertz CT molecular complexity index is 1930. The van der Waals surface area contributed by atoms with Gasteiger partial charge in [0.2, 0.25) is 21.9 Å². The Morgan fingerprint density at radius 1 is 0.980 bits per heavy atom. The number of anilines is 2. The maximum Gasteiger partial charge on any atom is 0.410 e. The highest BCUT2D eigenvalue weighted by Gasteiger charge is 2.31. The molecule has 4 aromatic rings. The van der Waals surface area contributed by atoms with Gasteiger partial charge in [-0.05, 0) is 96.6 Å². The number of carbonyl (C=O) groups excluding carboxylic acids is 1. The number of nitrogens with zero attached hydrogens (tertiary/aromatic N) is 4. The van der Waals surface area contributed by atoms with Crippen molar-refractivity contribution < 1.29 is 22.7 Å². The summed E-state index contributed by atoms with van der Waals surface area (Å²) in [5.74, 6) is 1.35. The van der Waals surface area contributed by atoms with Crippen LogP contribution in [-0.2, 0) is 14.8 Å². The first kappa shape index (κ1) is 34.4. The van der Waals surface area contributed by atoms with Crippen molar-refractivity contribution in [1.82, 2.24) is 25.2 Å². The quantitative estimate of drug-likeness (QED) is 0.180. The van der Waals surface area contributed by atoms with Crippen molar-refractivity contribution >= 4 is 38.5 Å². The van der Waals surface area contributed by atoms with Crippen LogP contribution in [0.1, 0.15) is 65.4 Å². The molecule has 0 radical (unpaired) electrons. The molecule has 49 heavy (non-hydrogen) atoms. The van der Waals surface area contributed by atoms with Gasteiger partial charge in [0.15, 0.2) is 0 Å². The standard InChI is InChI=1S/C36H45N7O5S/c1-23-16-17-26-27(12-7-14-30(26)42-49(45,46)31-15-6-10-24(2)39-31)32(23)47-33-28(13-8-19-37-33)29-18-20-38-34(41-29)40-25-11-9-21-43(22-25)35(44)48-36(3,4)5/h7-8,12-14,16-20,24-25,31,39,42H,6,9-11,15,21-22H2,1-5H3,(H,38,40,41)/t24?,25-,31?/m0/s1. The number of amides is 1. The molecule has 2 aromatic carbocycles. The molecule has 2 aromatic heterocycles. The van der Waals surface area contributed by atoms with Gasteiger partial charge in [0, 0.05) is 48.3 Å². The molecule has 3 atom stereocenters. The molecule has 2 unspecified atom stereocenters. The molecule has 0 saturated carbocycles. The number of aryl methyl sites for hydroxylation is 1. The maximum absolute atomic E-state index is 13.4. The van der Waals surface area contributed by atoms with Gasteiger partial charge in [-0.25, -0.2) is 28.2 Å². The molecule has 2 aliphatic heterocycles. The second-order valence-electron chi connectivity index (χ2n) is 13.9. The van der Waals surface area contributed by atoms with Crippen molar-refractivity contribution in [3.8, 4) is 22.9 Å². The zero-order valence-corrected chi connectivity index (χ0v) is 29.5. The lowest BCUT2D eigenvalue weighted by molar-refractivity contribution is 0.0206. The Morgan fingerprint density at radius 2 is 1.82 bits per heavy atom. The minimum atomic E-state index is -3.68. The molecule has 2 fully saturated rings. The molecule has 0 aliphatic carbocycles. The minimum absolute atomic E-state index is 0.0385. The fourth-order valence-corrected chi connectivity index (χ4v) is 7.85. The van der Waals surface area contributed by atoms with E-state index in [0.717, 1.165) is 42.0 Å². The lowest BCUT2D eigenvalue weighted by Gasteiger charge is -2.34. The normalized spacial score (nSPS) is 20.1. The first-order chi connectivity index (χ1) is 23.4. The van der Waals surface area contributed by atoms with E-state index < -0.39 is 21.0 Å². The molecular formula is C36H45N7O5S. The molecule has 1 amide bonds. The number of likely N-dealkylation sites (tertiary alicyclic amines) is 1. The van der Waals surface area contributed by atoms with Crippen molar-refractivity contribution in [2.45, 2.75) is 89.8 Å².